The number of rotatable bonds is 9. The molecule has 0 aliphatic rings. The van der Waals surface area contributed by atoms with Crippen LogP contribution in [0.5, 0.6) is 0 Å². The van der Waals surface area contributed by atoms with Gasteiger partial charge in [-0.2, -0.15) is 0 Å². The van der Waals surface area contributed by atoms with Crippen LogP contribution in [0, 0.1) is 6.92 Å². The van der Waals surface area contributed by atoms with Gasteiger partial charge in [0.05, 0.1) is 24.5 Å². The van der Waals surface area contributed by atoms with Gasteiger partial charge in [-0.15, -0.1) is 21.5 Å². The standard InChI is InChI=1S/C21H23N5O5S2/c1-5-30-19(28)15-12(3)16(20(29)31-6-2)33-18(15)23-14(27)11-32-21-25-24-17(26(21)4)13-7-9-22-10-8-13/h7-10H,5-6,11H2,1-4H3,(H,23,27). The van der Waals surface area contributed by atoms with Crippen molar-refractivity contribution in [1.29, 1.82) is 0 Å². The van der Waals surface area contributed by atoms with Crippen molar-refractivity contribution in [3.63, 3.8) is 0 Å². The molecule has 3 aromatic heterocycles. The molecule has 33 heavy (non-hydrogen) atoms. The number of thiophene rings is 1. The smallest absolute Gasteiger partial charge is 0.348 e. The zero-order valence-corrected chi connectivity index (χ0v) is 20.2. The fourth-order valence-corrected chi connectivity index (χ4v) is 4.74. The minimum absolute atomic E-state index is 0.0241. The van der Waals surface area contributed by atoms with Gasteiger partial charge in [-0.1, -0.05) is 11.8 Å². The second-order valence-electron chi connectivity index (χ2n) is 6.64. The number of esters is 2. The van der Waals surface area contributed by atoms with Gasteiger partial charge in [0, 0.05) is 25.0 Å². The summed E-state index contributed by atoms with van der Waals surface area (Å²) in [4.78, 5) is 41.6. The number of thioether (sulfide) groups is 1. The van der Waals surface area contributed by atoms with Crippen molar-refractivity contribution in [3.05, 3.63) is 40.5 Å². The van der Waals surface area contributed by atoms with Crippen LogP contribution >= 0.6 is 23.1 Å². The molecule has 0 aromatic carbocycles. The molecule has 174 valence electrons. The minimum atomic E-state index is -0.611. The van der Waals surface area contributed by atoms with Crippen molar-refractivity contribution < 1.29 is 23.9 Å². The van der Waals surface area contributed by atoms with Crippen LogP contribution in [0.15, 0.2) is 29.7 Å². The molecular formula is C21H23N5O5S2. The summed E-state index contributed by atoms with van der Waals surface area (Å²) in [5.74, 6) is -0.854. The first-order valence-electron chi connectivity index (χ1n) is 10.1. The van der Waals surface area contributed by atoms with Crippen LogP contribution in [-0.2, 0) is 21.3 Å². The number of carbonyl (C=O) groups excluding carboxylic acids is 3. The molecule has 0 aliphatic heterocycles. The molecule has 0 atom stereocenters. The van der Waals surface area contributed by atoms with E-state index in [2.05, 4.69) is 20.5 Å². The van der Waals surface area contributed by atoms with Crippen molar-refractivity contribution in [1.82, 2.24) is 19.7 Å². The van der Waals surface area contributed by atoms with Crippen LogP contribution in [-0.4, -0.2) is 56.6 Å². The number of anilines is 1. The van der Waals surface area contributed by atoms with Gasteiger partial charge in [-0.3, -0.25) is 9.78 Å². The lowest BCUT2D eigenvalue weighted by Crippen LogP contribution is -2.16. The van der Waals surface area contributed by atoms with Crippen LogP contribution in [0.4, 0.5) is 5.00 Å². The lowest BCUT2D eigenvalue weighted by atomic mass is 10.1. The fraction of sp³-hybridized carbons (Fsp3) is 0.333. The largest absolute Gasteiger partial charge is 0.462 e. The summed E-state index contributed by atoms with van der Waals surface area (Å²) in [5.41, 5.74) is 1.42. The normalized spacial score (nSPS) is 10.7. The number of amides is 1. The van der Waals surface area contributed by atoms with Gasteiger partial charge in [0.2, 0.25) is 5.91 Å². The van der Waals surface area contributed by atoms with E-state index in [-0.39, 0.29) is 40.3 Å². The Morgan fingerprint density at radius 3 is 2.42 bits per heavy atom. The number of hydrogen-bond donors (Lipinski definition) is 1. The van der Waals surface area contributed by atoms with Gasteiger partial charge in [0.25, 0.3) is 0 Å². The van der Waals surface area contributed by atoms with Gasteiger partial charge in [0.15, 0.2) is 11.0 Å². The van der Waals surface area contributed by atoms with Gasteiger partial charge < -0.3 is 19.4 Å². The Kier molecular flexibility index (Phi) is 8.17. The molecule has 0 radical (unpaired) electrons. The molecule has 0 fully saturated rings. The molecule has 0 unspecified atom stereocenters. The number of ether oxygens (including phenoxy) is 2. The first-order valence-corrected chi connectivity index (χ1v) is 11.9. The van der Waals surface area contributed by atoms with E-state index in [1.807, 2.05) is 19.2 Å². The van der Waals surface area contributed by atoms with Crippen LogP contribution in [0.2, 0.25) is 0 Å². The molecular weight excluding hydrogens is 466 g/mol. The SMILES string of the molecule is CCOC(=O)c1sc(NC(=O)CSc2nnc(-c3ccncc3)n2C)c(C(=O)OCC)c1C. The van der Waals surface area contributed by atoms with E-state index >= 15 is 0 Å². The zero-order valence-electron chi connectivity index (χ0n) is 18.6. The summed E-state index contributed by atoms with van der Waals surface area (Å²) in [5, 5.41) is 11.8. The molecule has 0 saturated heterocycles. The summed E-state index contributed by atoms with van der Waals surface area (Å²) in [6.07, 6.45) is 3.33. The predicted octanol–water partition coefficient (Wildman–Crippen LogP) is 3.33. The second-order valence-corrected chi connectivity index (χ2v) is 8.60. The average Bonchev–Trinajstić information content (AvgIpc) is 3.32. The highest BCUT2D eigenvalue weighted by molar-refractivity contribution is 7.99. The highest BCUT2D eigenvalue weighted by atomic mass is 32.2. The maximum absolute atomic E-state index is 12.7. The molecule has 10 nitrogen and oxygen atoms in total. The summed E-state index contributed by atoms with van der Waals surface area (Å²) in [7, 11) is 1.81. The Balaban J connectivity index is 1.75. The minimum Gasteiger partial charge on any atom is -0.462 e. The van der Waals surface area contributed by atoms with E-state index in [1.165, 1.54) is 11.8 Å². The van der Waals surface area contributed by atoms with Gasteiger partial charge in [-0.25, -0.2) is 9.59 Å². The summed E-state index contributed by atoms with van der Waals surface area (Å²) in [6.45, 7) is 5.36. The molecule has 3 heterocycles. The van der Waals surface area contributed by atoms with Crippen LogP contribution in [0.1, 0.15) is 39.4 Å². The lowest BCUT2D eigenvalue weighted by molar-refractivity contribution is -0.113. The van der Waals surface area contributed by atoms with E-state index in [0.29, 0.717) is 16.5 Å². The van der Waals surface area contributed by atoms with Gasteiger partial charge in [0.1, 0.15) is 9.88 Å². The fourth-order valence-electron chi connectivity index (χ4n) is 2.93. The summed E-state index contributed by atoms with van der Waals surface area (Å²) < 4.78 is 11.9. The molecule has 12 heteroatoms. The Morgan fingerprint density at radius 2 is 1.76 bits per heavy atom. The molecule has 3 aromatic rings. The third kappa shape index (κ3) is 5.57. The average molecular weight is 490 g/mol. The Labute approximate surface area is 198 Å². The van der Waals surface area contributed by atoms with Crippen molar-refractivity contribution in [2.45, 2.75) is 25.9 Å². The number of pyridine rings is 1. The highest BCUT2D eigenvalue weighted by Gasteiger charge is 2.27. The summed E-state index contributed by atoms with van der Waals surface area (Å²) >= 11 is 2.19. The molecule has 1 N–H and O–H groups in total. The van der Waals surface area contributed by atoms with E-state index in [1.54, 1.807) is 37.7 Å². The van der Waals surface area contributed by atoms with Gasteiger partial charge in [-0.05, 0) is 38.5 Å². The third-order valence-corrected chi connectivity index (χ3v) is 6.65. The number of aromatic nitrogens is 4. The maximum atomic E-state index is 12.7. The van der Waals surface area contributed by atoms with Crippen molar-refractivity contribution >= 4 is 45.9 Å². The maximum Gasteiger partial charge on any atom is 0.348 e. The second kappa shape index (κ2) is 11.1. The van der Waals surface area contributed by atoms with E-state index in [0.717, 1.165) is 16.9 Å². The first-order chi connectivity index (χ1) is 15.9. The van der Waals surface area contributed by atoms with Gasteiger partial charge >= 0.3 is 11.9 Å². The van der Waals surface area contributed by atoms with Crippen LogP contribution < -0.4 is 5.32 Å². The molecule has 0 aliphatic carbocycles. The van der Waals surface area contributed by atoms with Crippen molar-refractivity contribution in [2.75, 3.05) is 24.3 Å². The highest BCUT2D eigenvalue weighted by Crippen LogP contribution is 2.34. The molecule has 1 amide bonds. The van der Waals surface area contributed by atoms with Crippen LogP contribution in [0.3, 0.4) is 0 Å². The number of nitrogens with one attached hydrogen (secondary N) is 1. The third-order valence-electron chi connectivity index (χ3n) is 4.45. The number of nitrogens with zero attached hydrogens (tertiary/aromatic N) is 4. The quantitative estimate of drug-likeness (QED) is 0.356. The van der Waals surface area contributed by atoms with E-state index < -0.39 is 11.9 Å². The predicted molar refractivity (Wildman–Crippen MR) is 125 cm³/mol. The Bertz CT molecular complexity index is 1160. The van der Waals surface area contributed by atoms with E-state index in [9.17, 15) is 14.4 Å². The van der Waals surface area contributed by atoms with E-state index in [4.69, 9.17) is 9.47 Å². The Hall–Kier alpha value is -3.25. The van der Waals surface area contributed by atoms with Crippen molar-refractivity contribution in [3.8, 4) is 11.4 Å². The monoisotopic (exact) mass is 489 g/mol. The van der Waals surface area contributed by atoms with Crippen molar-refractivity contribution in [2.24, 2.45) is 7.05 Å². The number of hydrogen-bond acceptors (Lipinski definition) is 10. The summed E-state index contributed by atoms with van der Waals surface area (Å²) in [6, 6.07) is 3.64. The molecule has 3 rings (SSSR count). The molecule has 0 saturated carbocycles. The first kappa shape index (κ1) is 24.4. The number of carbonyl (C=O) groups is 3. The molecule has 0 spiro atoms. The lowest BCUT2D eigenvalue weighted by Gasteiger charge is -2.07. The Morgan fingerprint density at radius 1 is 1.09 bits per heavy atom. The van der Waals surface area contributed by atoms with Crippen LogP contribution in [0.25, 0.3) is 11.4 Å². The topological polar surface area (TPSA) is 125 Å². The zero-order chi connectivity index (χ0) is 24.0. The molecule has 0 bridgehead atoms.